The fourth-order valence-electron chi connectivity index (χ4n) is 8.06. The Labute approximate surface area is 210 Å². The lowest BCUT2D eigenvalue weighted by Crippen LogP contribution is -2.50. The van der Waals surface area contributed by atoms with Crippen molar-refractivity contribution >= 4 is 17.3 Å². The number of ketones is 2. The molecule has 6 heteroatoms. The van der Waals surface area contributed by atoms with Gasteiger partial charge in [0.2, 0.25) is 0 Å². The first-order chi connectivity index (χ1) is 16.9. The first-order valence-corrected chi connectivity index (χ1v) is 12.8. The lowest BCUT2D eigenvalue weighted by Gasteiger charge is -2.55. The third-order valence-electron chi connectivity index (χ3n) is 9.64. The van der Waals surface area contributed by atoms with Gasteiger partial charge in [-0.2, -0.15) is 13.2 Å². The van der Waals surface area contributed by atoms with Crippen LogP contribution in [0.2, 0.25) is 0 Å². The van der Waals surface area contributed by atoms with Crippen molar-refractivity contribution in [3.63, 3.8) is 0 Å². The van der Waals surface area contributed by atoms with Crippen LogP contribution in [0.4, 0.5) is 18.9 Å². The van der Waals surface area contributed by atoms with Crippen LogP contribution in [0, 0.1) is 40.4 Å². The smallest absolute Gasteiger partial charge is 0.399 e. The molecule has 0 bridgehead atoms. The Balaban J connectivity index is 1.73. The average Bonchev–Trinajstić information content (AvgIpc) is 3.11. The SMILES string of the molecule is CC(=O)[C@@]1(C#CC(F)(F)F)CC[C@H]2[C@@H]3CC(C)C4=CC(=O)CCC4=C3[C@@H](c3ccc(N)cc3)C[C@@]21C. The lowest BCUT2D eigenvalue weighted by molar-refractivity contribution is -0.130. The Morgan fingerprint density at radius 1 is 1.17 bits per heavy atom. The van der Waals surface area contributed by atoms with E-state index in [1.165, 1.54) is 24.0 Å². The van der Waals surface area contributed by atoms with Crippen LogP contribution in [0.15, 0.2) is 47.1 Å². The van der Waals surface area contributed by atoms with Crippen molar-refractivity contribution in [3.8, 4) is 11.8 Å². The van der Waals surface area contributed by atoms with Crippen LogP contribution >= 0.6 is 0 Å². The maximum Gasteiger partial charge on any atom is 0.457 e. The second kappa shape index (κ2) is 8.36. The molecule has 6 atom stereocenters. The van der Waals surface area contributed by atoms with Gasteiger partial charge in [-0.15, -0.1) is 0 Å². The van der Waals surface area contributed by atoms with Crippen molar-refractivity contribution in [1.29, 1.82) is 0 Å². The summed E-state index contributed by atoms with van der Waals surface area (Å²) < 4.78 is 39.8. The number of benzene rings is 1. The van der Waals surface area contributed by atoms with E-state index in [1.807, 2.05) is 37.3 Å². The standard InChI is InChI=1S/C30H32F3NO2/c1-17-14-24-26-10-11-29(18(2)35,12-13-30(31,32)33)28(26,3)16-25(19-4-6-20(34)7-5-19)27(24)22-9-8-21(36)15-23(17)22/h4-7,15,17,24-26H,8-11,14,16,34H2,1-3H3/t17?,24-,25+,26-,28-,29-/m0/s1. The Hall–Kier alpha value is -2.81. The maximum atomic E-state index is 13.3. The number of nitrogen functional groups attached to an aromatic ring is 1. The lowest BCUT2D eigenvalue weighted by atomic mass is 9.47. The van der Waals surface area contributed by atoms with Gasteiger partial charge in [0, 0.05) is 23.9 Å². The molecule has 2 saturated carbocycles. The topological polar surface area (TPSA) is 60.2 Å². The Bertz CT molecular complexity index is 1250. The molecule has 4 aliphatic carbocycles. The van der Waals surface area contributed by atoms with E-state index in [4.69, 9.17) is 5.73 Å². The molecule has 190 valence electrons. The van der Waals surface area contributed by atoms with Crippen molar-refractivity contribution in [2.75, 3.05) is 5.73 Å². The van der Waals surface area contributed by atoms with Gasteiger partial charge in [0.15, 0.2) is 5.78 Å². The molecule has 1 aromatic carbocycles. The molecular formula is C30H32F3NO2. The highest BCUT2D eigenvalue weighted by atomic mass is 19.4. The van der Waals surface area contributed by atoms with Crippen LogP contribution in [0.25, 0.3) is 0 Å². The number of nitrogens with two attached hydrogens (primary N) is 1. The van der Waals surface area contributed by atoms with Crippen LogP contribution in [-0.2, 0) is 9.59 Å². The van der Waals surface area contributed by atoms with Crippen molar-refractivity contribution in [2.24, 2.45) is 28.6 Å². The Morgan fingerprint density at radius 3 is 2.50 bits per heavy atom. The molecule has 1 aromatic rings. The molecule has 36 heavy (non-hydrogen) atoms. The molecule has 2 fully saturated rings. The van der Waals surface area contributed by atoms with E-state index in [2.05, 4.69) is 12.8 Å². The van der Waals surface area contributed by atoms with Crippen LogP contribution in [0.3, 0.4) is 0 Å². The van der Waals surface area contributed by atoms with E-state index in [9.17, 15) is 22.8 Å². The number of fused-ring (bicyclic) bond motifs is 4. The fourth-order valence-corrected chi connectivity index (χ4v) is 8.06. The molecule has 0 spiro atoms. The summed E-state index contributed by atoms with van der Waals surface area (Å²) in [5, 5.41) is 0. The molecule has 0 amide bonds. The van der Waals surface area contributed by atoms with Crippen molar-refractivity contribution in [1.82, 2.24) is 0 Å². The second-order valence-electron chi connectivity index (χ2n) is 11.4. The van der Waals surface area contributed by atoms with E-state index in [-0.39, 0.29) is 35.2 Å². The fraction of sp³-hybridized carbons (Fsp3) is 0.533. The summed E-state index contributed by atoms with van der Waals surface area (Å²) in [6.07, 6.45) is 0.711. The minimum atomic E-state index is -4.65. The van der Waals surface area contributed by atoms with E-state index in [0.29, 0.717) is 37.8 Å². The quantitative estimate of drug-likeness (QED) is 0.374. The van der Waals surface area contributed by atoms with E-state index >= 15 is 0 Å². The molecular weight excluding hydrogens is 463 g/mol. The maximum absolute atomic E-state index is 13.3. The zero-order chi connectivity index (χ0) is 26.0. The number of hydrogen-bond donors (Lipinski definition) is 1. The van der Waals surface area contributed by atoms with Gasteiger partial charge in [0.05, 0.1) is 5.41 Å². The molecule has 1 unspecified atom stereocenters. The summed E-state index contributed by atoms with van der Waals surface area (Å²) >= 11 is 0. The van der Waals surface area contributed by atoms with Crippen LogP contribution in [0.5, 0.6) is 0 Å². The predicted octanol–water partition coefficient (Wildman–Crippen LogP) is 6.56. The van der Waals surface area contributed by atoms with Gasteiger partial charge in [0.25, 0.3) is 0 Å². The number of halogens is 3. The molecule has 3 nitrogen and oxygen atoms in total. The second-order valence-corrected chi connectivity index (χ2v) is 11.4. The molecule has 4 aliphatic rings. The minimum absolute atomic E-state index is 0.0538. The summed E-state index contributed by atoms with van der Waals surface area (Å²) in [5.74, 6) is 4.18. The number of Topliss-reactive ketones (excluding diaryl/α,β-unsaturated/α-hetero) is 1. The third kappa shape index (κ3) is 3.74. The predicted molar refractivity (Wildman–Crippen MR) is 133 cm³/mol. The summed E-state index contributed by atoms with van der Waals surface area (Å²) in [7, 11) is 0. The van der Waals surface area contributed by atoms with E-state index in [0.717, 1.165) is 17.6 Å². The largest absolute Gasteiger partial charge is 0.457 e. The minimum Gasteiger partial charge on any atom is -0.399 e. The summed E-state index contributed by atoms with van der Waals surface area (Å²) in [4.78, 5) is 25.5. The number of carbonyl (C=O) groups is 2. The molecule has 0 aliphatic heterocycles. The first kappa shape index (κ1) is 24.9. The van der Waals surface area contributed by atoms with Crippen molar-refractivity contribution in [3.05, 3.63) is 52.6 Å². The highest BCUT2D eigenvalue weighted by molar-refractivity contribution is 5.93. The normalized spacial score (nSPS) is 35.7. The highest BCUT2D eigenvalue weighted by Crippen LogP contribution is 2.70. The molecule has 5 rings (SSSR count). The van der Waals surface area contributed by atoms with Crippen molar-refractivity contribution < 1.29 is 22.8 Å². The first-order valence-electron chi connectivity index (χ1n) is 12.8. The van der Waals surface area contributed by atoms with Gasteiger partial charge in [0.1, 0.15) is 5.78 Å². The zero-order valence-electron chi connectivity index (χ0n) is 21.0. The molecule has 0 radical (unpaired) electrons. The molecule has 0 saturated heterocycles. The molecule has 2 N–H and O–H groups in total. The monoisotopic (exact) mass is 495 g/mol. The zero-order valence-corrected chi connectivity index (χ0v) is 21.0. The number of alkyl halides is 3. The number of anilines is 1. The van der Waals surface area contributed by atoms with Gasteiger partial charge < -0.3 is 5.73 Å². The number of carbonyl (C=O) groups excluding carboxylic acids is 2. The van der Waals surface area contributed by atoms with Crippen LogP contribution < -0.4 is 5.73 Å². The number of rotatable bonds is 2. The Morgan fingerprint density at radius 2 is 1.86 bits per heavy atom. The van der Waals surface area contributed by atoms with E-state index < -0.39 is 17.0 Å². The average molecular weight is 496 g/mol. The van der Waals surface area contributed by atoms with Gasteiger partial charge in [-0.05, 0) is 97.1 Å². The summed E-state index contributed by atoms with van der Waals surface area (Å²) in [6, 6.07) is 7.70. The number of hydrogen-bond acceptors (Lipinski definition) is 3. The molecule has 0 heterocycles. The Kier molecular flexibility index (Phi) is 5.78. The number of allylic oxidation sites excluding steroid dienone is 4. The van der Waals surface area contributed by atoms with Crippen LogP contribution in [0.1, 0.15) is 70.8 Å². The van der Waals surface area contributed by atoms with Gasteiger partial charge >= 0.3 is 6.18 Å². The molecule has 0 aromatic heterocycles. The van der Waals surface area contributed by atoms with Gasteiger partial charge in [-0.3, -0.25) is 9.59 Å². The van der Waals surface area contributed by atoms with Gasteiger partial charge in [-0.1, -0.05) is 37.5 Å². The highest BCUT2D eigenvalue weighted by Gasteiger charge is 2.65. The van der Waals surface area contributed by atoms with Gasteiger partial charge in [-0.25, -0.2) is 0 Å². The summed E-state index contributed by atoms with van der Waals surface area (Å²) in [5.41, 5.74) is 9.32. The third-order valence-corrected chi connectivity index (χ3v) is 9.64. The van der Waals surface area contributed by atoms with E-state index in [1.54, 1.807) is 0 Å². The summed E-state index contributed by atoms with van der Waals surface area (Å²) in [6.45, 7) is 5.55. The van der Waals surface area contributed by atoms with Crippen molar-refractivity contribution in [2.45, 2.75) is 71.4 Å². The van der Waals surface area contributed by atoms with Crippen LogP contribution in [-0.4, -0.2) is 17.7 Å².